The van der Waals surface area contributed by atoms with Gasteiger partial charge < -0.3 is 14.5 Å². The number of halogens is 3. The lowest BCUT2D eigenvalue weighted by atomic mass is 9.93. The molecule has 0 amide bonds. The molecule has 3 nitrogen and oxygen atoms in total. The number of nitrogens with one attached hydrogen (secondary N) is 1. The van der Waals surface area contributed by atoms with E-state index in [1.54, 1.807) is 19.1 Å². The zero-order valence-corrected chi connectivity index (χ0v) is 18.2. The number of rotatable bonds is 5. The summed E-state index contributed by atoms with van der Waals surface area (Å²) in [5.74, 6) is -0.153. The average molecular weight is 404 g/mol. The minimum atomic E-state index is -4.66. The molecule has 0 radical (unpaired) electrons. The van der Waals surface area contributed by atoms with Crippen LogP contribution in [0.3, 0.4) is 0 Å². The predicted molar refractivity (Wildman–Crippen MR) is 106 cm³/mol. The van der Waals surface area contributed by atoms with Gasteiger partial charge in [0.2, 0.25) is 0 Å². The maximum Gasteiger partial charge on any atom is 0.573 e. The molecule has 1 aliphatic carbocycles. The second-order valence-corrected chi connectivity index (χ2v) is 13.8. The summed E-state index contributed by atoms with van der Waals surface area (Å²) in [5.41, 5.74) is 1.29. The van der Waals surface area contributed by atoms with Gasteiger partial charge in [0.25, 0.3) is 0 Å². The largest absolute Gasteiger partial charge is 0.573 e. The Morgan fingerprint density at radius 1 is 1.04 bits per heavy atom. The number of hydrogen-bond donors (Lipinski definition) is 1. The Morgan fingerprint density at radius 2 is 1.63 bits per heavy atom. The molecule has 1 saturated carbocycles. The topological polar surface area (TPSA) is 30.5 Å². The van der Waals surface area contributed by atoms with Crippen LogP contribution < -0.4 is 10.1 Å². The summed E-state index contributed by atoms with van der Waals surface area (Å²) >= 11 is 0. The fourth-order valence-electron chi connectivity index (χ4n) is 3.13. The highest BCUT2D eigenvalue weighted by atomic mass is 28.4. The van der Waals surface area contributed by atoms with Crippen molar-refractivity contribution in [1.82, 2.24) is 0 Å². The monoisotopic (exact) mass is 403 g/mol. The molecule has 0 bridgehead atoms. The molecule has 1 fully saturated rings. The van der Waals surface area contributed by atoms with Gasteiger partial charge in [-0.1, -0.05) is 20.8 Å². The Bertz CT molecular complexity index is 633. The molecule has 1 N–H and O–H groups in total. The maximum atomic E-state index is 12.4. The number of hydrogen-bond acceptors (Lipinski definition) is 3. The quantitative estimate of drug-likeness (QED) is 0.559. The molecule has 1 aliphatic rings. The molecule has 0 heterocycles. The van der Waals surface area contributed by atoms with Crippen LogP contribution >= 0.6 is 0 Å². The summed E-state index contributed by atoms with van der Waals surface area (Å²) in [6.07, 6.45) is -0.328. The van der Waals surface area contributed by atoms with Gasteiger partial charge in [-0.2, -0.15) is 0 Å². The van der Waals surface area contributed by atoms with Crippen LogP contribution in [0.5, 0.6) is 5.75 Å². The smallest absolute Gasteiger partial charge is 0.414 e. The van der Waals surface area contributed by atoms with Crippen LogP contribution in [0.4, 0.5) is 18.9 Å². The summed E-state index contributed by atoms with van der Waals surface area (Å²) in [7, 11) is -1.75. The van der Waals surface area contributed by atoms with Crippen molar-refractivity contribution in [2.45, 2.75) is 90.0 Å². The van der Waals surface area contributed by atoms with Gasteiger partial charge in [-0.25, -0.2) is 0 Å². The van der Waals surface area contributed by atoms with Gasteiger partial charge in [0.1, 0.15) is 5.75 Å². The first-order valence-corrected chi connectivity index (χ1v) is 12.5. The molecule has 0 atom stereocenters. The minimum Gasteiger partial charge on any atom is -0.414 e. The average Bonchev–Trinajstić information content (AvgIpc) is 2.49. The fourth-order valence-corrected chi connectivity index (χ4v) is 4.56. The molecular formula is C20H32F3NO2Si. The predicted octanol–water partition coefficient (Wildman–Crippen LogP) is 6.64. The molecule has 1 aromatic rings. The van der Waals surface area contributed by atoms with E-state index in [9.17, 15) is 13.2 Å². The van der Waals surface area contributed by atoms with E-state index in [0.29, 0.717) is 17.7 Å². The highest BCUT2D eigenvalue weighted by Gasteiger charge is 2.39. The first kappa shape index (κ1) is 22.1. The van der Waals surface area contributed by atoms with E-state index in [1.165, 1.54) is 6.07 Å². The lowest BCUT2D eigenvalue weighted by molar-refractivity contribution is -0.274. The van der Waals surface area contributed by atoms with E-state index in [0.717, 1.165) is 31.4 Å². The van der Waals surface area contributed by atoms with Crippen molar-refractivity contribution in [1.29, 1.82) is 0 Å². The standard InChI is InChI=1S/C20H32F3NO2Si/c1-14-13-16(9-12-18(14)25-20(21,22)23)24-15-7-10-17(11-8-15)26-27(5,6)19(2,3)4/h9,12-13,15,17,24H,7-8,10-11H2,1-6H3. The number of benzene rings is 1. The van der Waals surface area contributed by atoms with Crippen molar-refractivity contribution in [3.8, 4) is 5.75 Å². The van der Waals surface area contributed by atoms with Gasteiger partial charge >= 0.3 is 6.36 Å². The van der Waals surface area contributed by atoms with E-state index < -0.39 is 14.7 Å². The Balaban J connectivity index is 1.88. The maximum absolute atomic E-state index is 12.4. The van der Waals surface area contributed by atoms with Gasteiger partial charge in [-0.3, -0.25) is 0 Å². The highest BCUT2D eigenvalue weighted by molar-refractivity contribution is 6.74. The van der Waals surface area contributed by atoms with Crippen molar-refractivity contribution in [3.63, 3.8) is 0 Å². The third-order valence-corrected chi connectivity index (χ3v) is 10.2. The van der Waals surface area contributed by atoms with E-state index in [-0.39, 0.29) is 10.8 Å². The molecule has 2 rings (SSSR count). The lowest BCUT2D eigenvalue weighted by Crippen LogP contribution is -2.45. The number of alkyl halides is 3. The summed E-state index contributed by atoms with van der Waals surface area (Å²) < 4.78 is 47.7. The summed E-state index contributed by atoms with van der Waals surface area (Å²) in [6, 6.07) is 5.04. The van der Waals surface area contributed by atoms with Crippen molar-refractivity contribution < 1.29 is 22.3 Å². The van der Waals surface area contributed by atoms with Gasteiger partial charge in [0.05, 0.1) is 0 Å². The summed E-state index contributed by atoms with van der Waals surface area (Å²) in [5, 5.41) is 3.65. The van der Waals surface area contributed by atoms with E-state index in [1.807, 2.05) is 0 Å². The Morgan fingerprint density at radius 3 is 2.11 bits per heavy atom. The first-order chi connectivity index (χ1) is 12.3. The molecule has 0 aromatic heterocycles. The highest BCUT2D eigenvalue weighted by Crippen LogP contribution is 2.39. The Kier molecular flexibility index (Phi) is 6.57. The summed E-state index contributed by atoms with van der Waals surface area (Å²) in [4.78, 5) is 0. The molecule has 0 spiro atoms. The minimum absolute atomic E-state index is 0.153. The number of aryl methyl sites for hydroxylation is 1. The van der Waals surface area contributed by atoms with Crippen molar-refractivity contribution >= 4 is 14.0 Å². The Labute approximate surface area is 161 Å². The molecule has 7 heteroatoms. The third-order valence-electron chi connectivity index (χ3n) is 5.71. The second kappa shape index (κ2) is 8.03. The van der Waals surface area contributed by atoms with Crippen molar-refractivity contribution in [3.05, 3.63) is 23.8 Å². The van der Waals surface area contributed by atoms with Gasteiger partial charge in [-0.15, -0.1) is 13.2 Å². The zero-order valence-electron chi connectivity index (χ0n) is 17.2. The number of anilines is 1. The molecule has 27 heavy (non-hydrogen) atoms. The molecule has 0 saturated heterocycles. The van der Waals surface area contributed by atoms with Crippen LogP contribution in [0, 0.1) is 6.92 Å². The van der Waals surface area contributed by atoms with Gasteiger partial charge in [0, 0.05) is 17.8 Å². The normalized spacial score (nSPS) is 21.8. The molecule has 0 aliphatic heterocycles. The van der Waals surface area contributed by atoms with Gasteiger partial charge in [0.15, 0.2) is 8.32 Å². The zero-order chi connectivity index (χ0) is 20.5. The molecular weight excluding hydrogens is 371 g/mol. The Hall–Kier alpha value is -1.21. The van der Waals surface area contributed by atoms with E-state index in [2.05, 4.69) is 43.9 Å². The van der Waals surface area contributed by atoms with Crippen LogP contribution in [-0.4, -0.2) is 26.8 Å². The van der Waals surface area contributed by atoms with Crippen LogP contribution in [0.1, 0.15) is 52.0 Å². The van der Waals surface area contributed by atoms with Crippen LogP contribution in [-0.2, 0) is 4.43 Å². The van der Waals surface area contributed by atoms with Gasteiger partial charge in [-0.05, 0) is 74.5 Å². The third kappa shape index (κ3) is 6.42. The molecule has 154 valence electrons. The van der Waals surface area contributed by atoms with E-state index in [4.69, 9.17) is 4.43 Å². The molecule has 1 aromatic carbocycles. The second-order valence-electron chi connectivity index (χ2n) is 9.02. The van der Waals surface area contributed by atoms with Crippen LogP contribution in [0.2, 0.25) is 18.1 Å². The van der Waals surface area contributed by atoms with Crippen LogP contribution in [0.25, 0.3) is 0 Å². The van der Waals surface area contributed by atoms with E-state index >= 15 is 0 Å². The fraction of sp³-hybridized carbons (Fsp3) is 0.700. The van der Waals surface area contributed by atoms with Crippen LogP contribution in [0.15, 0.2) is 18.2 Å². The first-order valence-electron chi connectivity index (χ1n) is 9.57. The molecule has 0 unspecified atom stereocenters. The van der Waals surface area contributed by atoms with Crippen molar-refractivity contribution in [2.24, 2.45) is 0 Å². The van der Waals surface area contributed by atoms with Crippen molar-refractivity contribution in [2.75, 3.05) is 5.32 Å². The summed E-state index contributed by atoms with van der Waals surface area (Å²) in [6.45, 7) is 12.9. The SMILES string of the molecule is Cc1cc(NC2CCC(O[Si](C)(C)C(C)(C)C)CC2)ccc1OC(F)(F)F. The number of ether oxygens (including phenoxy) is 1. The lowest BCUT2D eigenvalue weighted by Gasteiger charge is -2.41.